The Morgan fingerprint density at radius 3 is 0.860 bits per heavy atom. The number of nitrogens with zero attached hydrogens (tertiary/aromatic N) is 7. The number of aromatic nitrogens is 7. The minimum atomic E-state index is -1.49. The van der Waals surface area contributed by atoms with Crippen LogP contribution in [0.4, 0.5) is 0 Å². The van der Waals surface area contributed by atoms with Crippen molar-refractivity contribution < 1.29 is 4.74 Å². The van der Waals surface area contributed by atoms with Crippen LogP contribution in [-0.2, 0) is 88.4 Å². The third-order valence-corrected chi connectivity index (χ3v) is 40.4. The van der Waals surface area contributed by atoms with Crippen molar-refractivity contribution in [2.24, 2.45) is 14.1 Å². The molecule has 0 aliphatic heterocycles. The van der Waals surface area contributed by atoms with Crippen LogP contribution in [0, 0.1) is 6.92 Å². The van der Waals surface area contributed by atoms with Crippen molar-refractivity contribution in [3.8, 4) is 83.6 Å². The van der Waals surface area contributed by atoms with Crippen LogP contribution in [0.25, 0.3) is 154 Å². The molecule has 0 bridgehead atoms. The number of methoxy groups -OCH3 is 1. The van der Waals surface area contributed by atoms with Gasteiger partial charge < -0.3 is 36.0 Å². The Labute approximate surface area is 910 Å². The molecular formula is C135H145Br2N7OSi5. The molecule has 0 fully saturated rings. The maximum absolute atomic E-state index is 5.48. The fourth-order valence-corrected chi connectivity index (χ4v) is 34.0. The summed E-state index contributed by atoms with van der Waals surface area (Å²) in [5, 5.41) is 9.81. The highest BCUT2D eigenvalue weighted by Gasteiger charge is 2.39. The lowest BCUT2D eigenvalue weighted by molar-refractivity contribution is 0.415. The quantitative estimate of drug-likeness (QED) is 0.133. The Balaban J connectivity index is 0.0000000990. The van der Waals surface area contributed by atoms with E-state index in [9.17, 15) is 0 Å². The molecule has 7 aliphatic rings. The van der Waals surface area contributed by atoms with Gasteiger partial charge in [0.1, 0.15) is 5.75 Å². The van der Waals surface area contributed by atoms with Gasteiger partial charge in [-0.3, -0.25) is 0 Å². The molecular weight excluding hydrogens is 2040 g/mol. The second-order valence-corrected chi connectivity index (χ2v) is 78.6. The number of hydrogen-bond donors (Lipinski definition) is 0. The van der Waals surface area contributed by atoms with E-state index < -0.39 is 40.7 Å². The molecule has 0 atom stereocenters. The summed E-state index contributed by atoms with van der Waals surface area (Å²) in [6, 6.07) is 112. The standard InChI is InChI=1S/C22H27NSi.C20H23NOSi.C20H23NSi.C20H21N.C19H21NSi.C18H18BrNSi.C16H12BrN/c1-22(2,3)16-11-12-19-18(14-16)21-17-10-8-7-9-15(17)13-20(21)23(19)24(4,5)6;1-22-15-9-10-18-17(12-15)20-16-8-6-5-7-14(16)11-19(20)21(18)13-23(2,3)4;1-14-9-10-18-17(11-14)20-16-8-6-5-7-15(16)12-19(20)21(18)13-22(2,3)4;1-20(2,3)14-9-10-17-16(12-14)19-15-8-6-5-7-13(15)11-18(19)21(17)4;1-21(2,3)13-20-17-11-7-6-10-16(17)19-15-9-5-4-8-14(15)12-18(19)20;1-21(2,3)20-16-9-8-13(19)11-15(16)18-14-7-5-4-6-12(14)10-17(18)20;1-18-14-7-6-11(17)9-13(14)16-12-5-3-2-4-10(12)8-15(16)18/h7-12,14H,13H2,1-6H3;5-10,12H,11,13H2,1-4H3;5-11H,12-13H2,1-4H3;5-10,12H,11H2,1-4H3;4-11H,12-13H2,1-3H3;4-9,11H,10H2,1-3H3;2-7,9H,8H2,1H3. The second kappa shape index (κ2) is 38.5. The summed E-state index contributed by atoms with van der Waals surface area (Å²) >= 11 is 7.22. The molecule has 15 heteroatoms. The largest absolute Gasteiger partial charge is 0.497 e. The zero-order valence-corrected chi connectivity index (χ0v) is 101. The lowest BCUT2D eigenvalue weighted by Crippen LogP contribution is -2.33. The average molecular weight is 2180 g/mol. The van der Waals surface area contributed by atoms with Crippen molar-refractivity contribution in [2.45, 2.75) is 221 Å². The van der Waals surface area contributed by atoms with Crippen molar-refractivity contribution in [3.63, 3.8) is 0 Å². The van der Waals surface area contributed by atoms with E-state index in [0.29, 0.717) is 0 Å². The van der Waals surface area contributed by atoms with Crippen molar-refractivity contribution in [1.29, 1.82) is 0 Å². The molecule has 0 radical (unpaired) electrons. The lowest BCUT2D eigenvalue weighted by atomic mass is 9.86. The number of benzene rings is 14. The van der Waals surface area contributed by atoms with Gasteiger partial charge in [0.2, 0.25) is 0 Å². The molecule has 760 valence electrons. The zero-order chi connectivity index (χ0) is 105. The predicted octanol–water partition coefficient (Wildman–Crippen LogP) is 37.0. The van der Waals surface area contributed by atoms with Crippen LogP contribution in [0.1, 0.15) is 137 Å². The number of hydrogen-bond acceptors (Lipinski definition) is 1. The van der Waals surface area contributed by atoms with Crippen LogP contribution < -0.4 is 4.74 Å². The van der Waals surface area contributed by atoms with Crippen molar-refractivity contribution in [1.82, 2.24) is 31.3 Å². The van der Waals surface area contributed by atoms with Crippen LogP contribution in [0.5, 0.6) is 5.75 Å². The second-order valence-electron chi connectivity index (χ2n) is 50.9. The third-order valence-electron chi connectivity index (χ3n) is 32.0. The first-order valence-electron chi connectivity index (χ1n) is 54.2. The van der Waals surface area contributed by atoms with E-state index in [1.807, 2.05) is 0 Å². The molecule has 0 unspecified atom stereocenters. The molecule has 0 saturated heterocycles. The van der Waals surface area contributed by atoms with Gasteiger partial charge in [0.25, 0.3) is 0 Å². The van der Waals surface area contributed by atoms with Crippen LogP contribution in [-0.4, -0.2) is 79.1 Å². The Morgan fingerprint density at radius 2 is 0.507 bits per heavy atom. The Kier molecular flexibility index (Phi) is 26.2. The van der Waals surface area contributed by atoms with E-state index in [4.69, 9.17) is 4.74 Å². The fraction of sp³-hybridized carbons (Fsp3) is 0.274. The first-order chi connectivity index (χ1) is 71.3. The van der Waals surface area contributed by atoms with Crippen molar-refractivity contribution in [2.75, 3.05) is 7.11 Å². The van der Waals surface area contributed by atoms with E-state index in [2.05, 4.69) is 527 Å². The van der Waals surface area contributed by atoms with Crippen molar-refractivity contribution >= 4 is 149 Å². The Hall–Kier alpha value is -12.3. The van der Waals surface area contributed by atoms with Gasteiger partial charge >= 0.3 is 0 Å². The third kappa shape index (κ3) is 18.7. The molecule has 14 aromatic carbocycles. The number of aryl methyl sites for hydroxylation is 3. The molecule has 28 rings (SSSR count). The lowest BCUT2D eigenvalue weighted by Gasteiger charge is -2.24. The summed E-state index contributed by atoms with van der Waals surface area (Å²) in [6.45, 7) is 52.7. The number of fused-ring (bicyclic) bond motifs is 35. The molecule has 0 spiro atoms. The highest BCUT2D eigenvalue weighted by atomic mass is 79.9. The Morgan fingerprint density at radius 1 is 0.253 bits per heavy atom. The van der Waals surface area contributed by atoms with Gasteiger partial charge in [-0.2, -0.15) is 0 Å². The minimum Gasteiger partial charge on any atom is -0.497 e. The fourth-order valence-electron chi connectivity index (χ4n) is 25.5. The van der Waals surface area contributed by atoms with E-state index in [1.165, 1.54) is 268 Å². The van der Waals surface area contributed by atoms with Crippen LogP contribution >= 0.6 is 31.9 Å². The van der Waals surface area contributed by atoms with Crippen LogP contribution in [0.15, 0.2) is 312 Å². The number of para-hydroxylation sites is 1. The van der Waals surface area contributed by atoms with E-state index in [0.717, 1.165) is 59.6 Å². The molecule has 0 amide bonds. The summed E-state index contributed by atoms with van der Waals surface area (Å²) in [6.07, 6.45) is 11.1. The summed E-state index contributed by atoms with van der Waals surface area (Å²) < 4.78 is 25.7. The monoisotopic (exact) mass is 2180 g/mol. The Bertz CT molecular complexity index is 8990. The molecule has 7 aliphatic carbocycles. The zero-order valence-electron chi connectivity index (χ0n) is 92.7. The molecule has 7 heterocycles. The molecule has 0 N–H and O–H groups in total. The van der Waals surface area contributed by atoms with Gasteiger partial charge in [-0.1, -0.05) is 383 Å². The van der Waals surface area contributed by atoms with Gasteiger partial charge in [0.05, 0.1) is 31.3 Å². The summed E-state index contributed by atoms with van der Waals surface area (Å²) in [5.41, 5.74) is 55.2. The van der Waals surface area contributed by atoms with E-state index >= 15 is 0 Å². The van der Waals surface area contributed by atoms with Gasteiger partial charge in [0.15, 0.2) is 16.5 Å². The maximum atomic E-state index is 5.48. The number of ether oxygens (including phenoxy) is 1. The van der Waals surface area contributed by atoms with Gasteiger partial charge in [-0.25, -0.2) is 0 Å². The highest BCUT2D eigenvalue weighted by molar-refractivity contribution is 9.10. The smallest absolute Gasteiger partial charge is 0.153 e. The van der Waals surface area contributed by atoms with Gasteiger partial charge in [-0.15, -0.1) is 0 Å². The molecule has 8 nitrogen and oxygen atoms in total. The summed E-state index contributed by atoms with van der Waals surface area (Å²) in [4.78, 5) is 0. The van der Waals surface area contributed by atoms with Crippen LogP contribution in [0.2, 0.25) is 98.2 Å². The van der Waals surface area contributed by atoms with Crippen molar-refractivity contribution in [3.05, 3.63) is 408 Å². The number of rotatable bonds is 9. The first kappa shape index (κ1) is 102. The average Bonchev–Trinajstić information content (AvgIpc) is 1.56. The van der Waals surface area contributed by atoms with Gasteiger partial charge in [0, 0.05) is 242 Å². The topological polar surface area (TPSA) is 43.7 Å². The van der Waals surface area contributed by atoms with E-state index in [-0.39, 0.29) is 10.8 Å². The van der Waals surface area contributed by atoms with Gasteiger partial charge in [-0.05, 0) is 204 Å². The normalized spacial score (nSPS) is 13.5. The summed E-state index contributed by atoms with van der Waals surface area (Å²) in [7, 11) is -0.389. The minimum absolute atomic E-state index is 0.181. The van der Waals surface area contributed by atoms with E-state index in [1.54, 1.807) is 7.11 Å². The maximum Gasteiger partial charge on any atom is 0.153 e. The SMILES string of the molecule is CC(C)(C)c1ccc2c(c1)c1c(n2[Si](C)(C)C)Cc2ccccc2-1.COc1ccc2c(c1)c1c(n2C[Si](C)(C)C)Cc2ccccc2-1.C[Si](C)(C)Cn1c2c(c3ccccc31)-c1ccccc1C2.C[Si](C)(C)n1c2c(c3cc(Br)ccc31)-c1ccccc1C2.Cc1ccc2c(c1)c1c(n2C[Si](C)(C)C)Cc2ccccc2-1.Cn1c2c(c3cc(Br)ccc31)-c1ccccc1C2.Cn1c2c(c3cc(C(C)(C)C)ccc31)-c1ccccc1C2. The highest BCUT2D eigenvalue weighted by Crippen LogP contribution is 2.54. The number of halogens is 2. The summed E-state index contributed by atoms with van der Waals surface area (Å²) in [5.74, 6) is 0.940. The van der Waals surface area contributed by atoms with Crippen LogP contribution in [0.3, 0.4) is 0 Å². The first-order valence-corrected chi connectivity index (χ1v) is 73.8. The molecule has 0 saturated carbocycles. The predicted molar refractivity (Wildman–Crippen MR) is 665 cm³/mol. The molecule has 21 aromatic rings. The molecule has 150 heavy (non-hydrogen) atoms. The molecule has 7 aromatic heterocycles.